The van der Waals surface area contributed by atoms with Crippen LogP contribution in [0.5, 0.6) is 0 Å². The van der Waals surface area contributed by atoms with Crippen LogP contribution in [0.4, 0.5) is 0 Å². The average Bonchev–Trinajstić information content (AvgIpc) is 2.17. The molecule has 0 atom stereocenters. The van der Waals surface area contributed by atoms with E-state index in [1.807, 2.05) is 18.5 Å². The Balaban J connectivity index is 2.62. The molecule has 0 aliphatic heterocycles. The molecule has 2 aromatic heterocycles. The van der Waals surface area contributed by atoms with Crippen molar-refractivity contribution < 1.29 is 0 Å². The number of aromatic nitrogens is 2. The summed E-state index contributed by atoms with van der Waals surface area (Å²) in [7, 11) is 0. The molecule has 13 heavy (non-hydrogen) atoms. The van der Waals surface area contributed by atoms with Gasteiger partial charge in [0.25, 0.3) is 0 Å². The molecule has 0 aliphatic carbocycles. The topological polar surface area (TPSA) is 25.8 Å². The van der Waals surface area contributed by atoms with E-state index in [2.05, 4.69) is 29.9 Å². The van der Waals surface area contributed by atoms with E-state index in [0.717, 1.165) is 11.1 Å². The molecule has 66 valence electrons. The van der Waals surface area contributed by atoms with Crippen LogP contribution in [0.3, 0.4) is 0 Å². The normalized spacial score (nSPS) is 11.0. The lowest BCUT2D eigenvalue weighted by atomic mass is 10.1. The van der Waals surface area contributed by atoms with Gasteiger partial charge in [-0.3, -0.25) is 9.97 Å². The zero-order valence-electron chi connectivity index (χ0n) is 7.86. The van der Waals surface area contributed by atoms with E-state index >= 15 is 0 Å². The second-order valence-corrected chi connectivity index (χ2v) is 3.49. The molecule has 2 heteroatoms. The highest BCUT2D eigenvalue weighted by Crippen LogP contribution is 2.17. The molecule has 0 aromatic carbocycles. The fraction of sp³-hybridized carbons (Fsp3) is 0.273. The van der Waals surface area contributed by atoms with Crippen molar-refractivity contribution in [3.8, 4) is 0 Å². The quantitative estimate of drug-likeness (QED) is 0.661. The molecular formula is C11H12N2. The predicted molar refractivity (Wildman–Crippen MR) is 53.6 cm³/mol. The average molecular weight is 172 g/mol. The van der Waals surface area contributed by atoms with Gasteiger partial charge in [0.1, 0.15) is 0 Å². The van der Waals surface area contributed by atoms with E-state index < -0.39 is 0 Å². The number of hydrogen-bond donors (Lipinski definition) is 0. The molecule has 2 heterocycles. The minimum Gasteiger partial charge on any atom is -0.264 e. The first-order valence-electron chi connectivity index (χ1n) is 4.47. The van der Waals surface area contributed by atoms with Crippen LogP contribution in [0.1, 0.15) is 25.5 Å². The highest BCUT2D eigenvalue weighted by Gasteiger charge is 2.01. The number of nitrogens with zero attached hydrogens (tertiary/aromatic N) is 2. The first kappa shape index (κ1) is 8.17. The SMILES string of the molecule is CC(C)c1cc2cnccc2cn1. The molecule has 0 bridgehead atoms. The van der Waals surface area contributed by atoms with E-state index in [0.29, 0.717) is 5.92 Å². The van der Waals surface area contributed by atoms with Gasteiger partial charge < -0.3 is 0 Å². The lowest BCUT2D eigenvalue weighted by molar-refractivity contribution is 0.826. The van der Waals surface area contributed by atoms with E-state index in [1.54, 1.807) is 6.20 Å². The van der Waals surface area contributed by atoms with Crippen LogP contribution in [-0.4, -0.2) is 9.97 Å². The van der Waals surface area contributed by atoms with Gasteiger partial charge in [-0.25, -0.2) is 0 Å². The number of hydrogen-bond acceptors (Lipinski definition) is 2. The summed E-state index contributed by atoms with van der Waals surface area (Å²) in [5.74, 6) is 0.476. The van der Waals surface area contributed by atoms with E-state index in [-0.39, 0.29) is 0 Å². The molecular weight excluding hydrogens is 160 g/mol. The number of pyridine rings is 2. The molecule has 0 amide bonds. The summed E-state index contributed by atoms with van der Waals surface area (Å²) >= 11 is 0. The molecule has 0 N–H and O–H groups in total. The van der Waals surface area contributed by atoms with Gasteiger partial charge in [-0.05, 0) is 18.1 Å². The summed E-state index contributed by atoms with van der Waals surface area (Å²) in [6, 6.07) is 4.08. The van der Waals surface area contributed by atoms with Gasteiger partial charge >= 0.3 is 0 Å². The minimum absolute atomic E-state index is 0.476. The van der Waals surface area contributed by atoms with Gasteiger partial charge in [-0.2, -0.15) is 0 Å². The first-order valence-corrected chi connectivity index (χ1v) is 4.47. The van der Waals surface area contributed by atoms with Crippen molar-refractivity contribution in [2.45, 2.75) is 19.8 Å². The first-order chi connectivity index (χ1) is 6.27. The highest BCUT2D eigenvalue weighted by atomic mass is 14.7. The van der Waals surface area contributed by atoms with Gasteiger partial charge in [0.05, 0.1) is 0 Å². The van der Waals surface area contributed by atoms with Gasteiger partial charge in [0.15, 0.2) is 0 Å². The standard InChI is InChI=1S/C11H12N2/c1-8(2)11-5-10-6-12-4-3-9(10)7-13-11/h3-8H,1-2H3. The Morgan fingerprint density at radius 1 is 1.15 bits per heavy atom. The van der Waals surface area contributed by atoms with Gasteiger partial charge in [-0.1, -0.05) is 13.8 Å². The van der Waals surface area contributed by atoms with Crippen molar-refractivity contribution in [3.63, 3.8) is 0 Å². The van der Waals surface area contributed by atoms with Gasteiger partial charge in [0.2, 0.25) is 0 Å². The number of fused-ring (bicyclic) bond motifs is 1. The minimum atomic E-state index is 0.476. The number of rotatable bonds is 1. The molecule has 2 nitrogen and oxygen atoms in total. The van der Waals surface area contributed by atoms with E-state index in [4.69, 9.17) is 0 Å². The molecule has 2 rings (SSSR count). The third kappa shape index (κ3) is 1.52. The van der Waals surface area contributed by atoms with Crippen molar-refractivity contribution in [2.24, 2.45) is 0 Å². The van der Waals surface area contributed by atoms with E-state index in [1.165, 1.54) is 5.39 Å². The third-order valence-corrected chi connectivity index (χ3v) is 2.13. The Kier molecular flexibility index (Phi) is 1.97. The molecule has 2 aromatic rings. The Labute approximate surface area is 77.6 Å². The zero-order chi connectivity index (χ0) is 9.26. The Bertz CT molecular complexity index is 421. The molecule has 0 spiro atoms. The van der Waals surface area contributed by atoms with Gasteiger partial charge in [0, 0.05) is 35.1 Å². The lowest BCUT2D eigenvalue weighted by Crippen LogP contribution is -1.91. The lowest BCUT2D eigenvalue weighted by Gasteiger charge is -2.04. The van der Waals surface area contributed by atoms with Crippen molar-refractivity contribution in [1.29, 1.82) is 0 Å². The zero-order valence-corrected chi connectivity index (χ0v) is 7.86. The maximum atomic E-state index is 4.38. The highest BCUT2D eigenvalue weighted by molar-refractivity contribution is 5.80. The second-order valence-electron chi connectivity index (χ2n) is 3.49. The van der Waals surface area contributed by atoms with Crippen molar-refractivity contribution in [1.82, 2.24) is 9.97 Å². The molecule has 0 fully saturated rings. The fourth-order valence-electron chi connectivity index (χ4n) is 1.31. The van der Waals surface area contributed by atoms with Crippen molar-refractivity contribution in [3.05, 3.63) is 36.4 Å². The largest absolute Gasteiger partial charge is 0.264 e. The summed E-state index contributed by atoms with van der Waals surface area (Å²) in [6.45, 7) is 4.29. The summed E-state index contributed by atoms with van der Waals surface area (Å²) in [6.07, 6.45) is 5.58. The van der Waals surface area contributed by atoms with Crippen LogP contribution in [0.2, 0.25) is 0 Å². The van der Waals surface area contributed by atoms with Crippen molar-refractivity contribution >= 4 is 10.8 Å². The Hall–Kier alpha value is -1.44. The Morgan fingerprint density at radius 2 is 2.00 bits per heavy atom. The van der Waals surface area contributed by atoms with Crippen LogP contribution in [0, 0.1) is 0 Å². The maximum Gasteiger partial charge on any atom is 0.0435 e. The van der Waals surface area contributed by atoms with Crippen LogP contribution in [-0.2, 0) is 0 Å². The van der Waals surface area contributed by atoms with Gasteiger partial charge in [-0.15, -0.1) is 0 Å². The summed E-state index contributed by atoms with van der Waals surface area (Å²) in [5.41, 5.74) is 1.13. The molecule has 0 unspecified atom stereocenters. The molecule has 0 aliphatic rings. The third-order valence-electron chi connectivity index (χ3n) is 2.13. The monoisotopic (exact) mass is 172 g/mol. The smallest absolute Gasteiger partial charge is 0.0435 e. The molecule has 0 saturated heterocycles. The van der Waals surface area contributed by atoms with Crippen LogP contribution < -0.4 is 0 Å². The Morgan fingerprint density at radius 3 is 2.77 bits per heavy atom. The van der Waals surface area contributed by atoms with Crippen molar-refractivity contribution in [2.75, 3.05) is 0 Å². The van der Waals surface area contributed by atoms with E-state index in [9.17, 15) is 0 Å². The van der Waals surface area contributed by atoms with Crippen LogP contribution in [0.25, 0.3) is 10.8 Å². The molecule has 0 saturated carbocycles. The molecule has 0 radical (unpaired) electrons. The maximum absolute atomic E-state index is 4.38. The second kappa shape index (κ2) is 3.13. The van der Waals surface area contributed by atoms with Crippen LogP contribution in [0.15, 0.2) is 30.7 Å². The van der Waals surface area contributed by atoms with Crippen LogP contribution >= 0.6 is 0 Å². The summed E-state index contributed by atoms with van der Waals surface area (Å²) in [4.78, 5) is 8.46. The predicted octanol–water partition coefficient (Wildman–Crippen LogP) is 2.75. The fourth-order valence-corrected chi connectivity index (χ4v) is 1.31. The summed E-state index contributed by atoms with van der Waals surface area (Å²) in [5, 5.41) is 2.32. The summed E-state index contributed by atoms with van der Waals surface area (Å²) < 4.78 is 0.